The molecule has 1 N–H and O–H groups in total. The van der Waals surface area contributed by atoms with Crippen LogP contribution in [-0.2, 0) is 11.2 Å². The average molecular weight is 341 g/mol. The van der Waals surface area contributed by atoms with Crippen LogP contribution in [0.4, 0.5) is 0 Å². The van der Waals surface area contributed by atoms with Crippen molar-refractivity contribution in [3.8, 4) is 0 Å². The number of nitrogens with zero attached hydrogens (tertiary/aromatic N) is 2. The van der Waals surface area contributed by atoms with Gasteiger partial charge in [-0.2, -0.15) is 0 Å². The molecule has 1 aliphatic rings. The second kappa shape index (κ2) is 8.81. The van der Waals surface area contributed by atoms with E-state index in [4.69, 9.17) is 4.52 Å². The predicted octanol–water partition coefficient (Wildman–Crippen LogP) is 3.26. The van der Waals surface area contributed by atoms with E-state index < -0.39 is 0 Å². The molecule has 1 fully saturated rings. The van der Waals surface area contributed by atoms with Crippen LogP contribution in [0.5, 0.6) is 0 Å². The number of likely N-dealkylation sites (tertiary alicyclic amines) is 1. The Morgan fingerprint density at radius 1 is 1.20 bits per heavy atom. The molecule has 25 heavy (non-hydrogen) atoms. The van der Waals surface area contributed by atoms with E-state index in [2.05, 4.69) is 39.6 Å². The zero-order chi connectivity index (χ0) is 17.5. The highest BCUT2D eigenvalue weighted by molar-refractivity contribution is 5.77. The first-order valence-electron chi connectivity index (χ1n) is 9.20. The average Bonchev–Trinajstić information content (AvgIpc) is 2.86. The SMILES string of the molecule is Cc1cc(CC(=O)NCC(c2ccccc2)N2CCCCCC2)on1. The van der Waals surface area contributed by atoms with Gasteiger partial charge in [0, 0.05) is 12.6 Å². The molecular formula is C20H27N3O2. The topological polar surface area (TPSA) is 58.4 Å². The lowest BCUT2D eigenvalue weighted by atomic mass is 10.0. The smallest absolute Gasteiger partial charge is 0.227 e. The number of carbonyl (C=O) groups excluding carboxylic acids is 1. The molecule has 3 rings (SSSR count). The molecule has 1 aromatic heterocycles. The van der Waals surface area contributed by atoms with Crippen LogP contribution in [0.3, 0.4) is 0 Å². The summed E-state index contributed by atoms with van der Waals surface area (Å²) in [7, 11) is 0. The zero-order valence-corrected chi connectivity index (χ0v) is 14.9. The molecule has 2 heterocycles. The van der Waals surface area contributed by atoms with Crippen molar-refractivity contribution in [1.82, 2.24) is 15.4 Å². The van der Waals surface area contributed by atoms with Crippen LogP contribution in [0, 0.1) is 6.92 Å². The van der Waals surface area contributed by atoms with Crippen molar-refractivity contribution < 1.29 is 9.32 Å². The highest BCUT2D eigenvalue weighted by Crippen LogP contribution is 2.23. The number of hydrogen-bond donors (Lipinski definition) is 1. The van der Waals surface area contributed by atoms with E-state index in [9.17, 15) is 4.79 Å². The molecule has 2 aromatic rings. The van der Waals surface area contributed by atoms with Gasteiger partial charge in [-0.05, 0) is 38.4 Å². The monoisotopic (exact) mass is 341 g/mol. The molecular weight excluding hydrogens is 314 g/mol. The normalized spacial score (nSPS) is 17.0. The number of hydrogen-bond acceptors (Lipinski definition) is 4. The van der Waals surface area contributed by atoms with Gasteiger partial charge in [0.1, 0.15) is 5.76 Å². The van der Waals surface area contributed by atoms with Crippen molar-refractivity contribution in [2.75, 3.05) is 19.6 Å². The van der Waals surface area contributed by atoms with Crippen molar-refractivity contribution >= 4 is 5.91 Å². The van der Waals surface area contributed by atoms with Crippen LogP contribution < -0.4 is 5.32 Å². The van der Waals surface area contributed by atoms with Crippen LogP contribution in [0.15, 0.2) is 40.9 Å². The molecule has 1 saturated heterocycles. The fourth-order valence-electron chi connectivity index (χ4n) is 3.47. The van der Waals surface area contributed by atoms with E-state index in [-0.39, 0.29) is 18.4 Å². The summed E-state index contributed by atoms with van der Waals surface area (Å²) in [6.07, 6.45) is 5.30. The summed E-state index contributed by atoms with van der Waals surface area (Å²) in [5.74, 6) is 0.591. The van der Waals surface area contributed by atoms with E-state index in [1.807, 2.05) is 19.1 Å². The maximum Gasteiger partial charge on any atom is 0.227 e. The molecule has 0 aliphatic carbocycles. The predicted molar refractivity (Wildman–Crippen MR) is 97.2 cm³/mol. The lowest BCUT2D eigenvalue weighted by Gasteiger charge is -2.31. The van der Waals surface area contributed by atoms with Crippen LogP contribution in [-0.4, -0.2) is 35.6 Å². The summed E-state index contributed by atoms with van der Waals surface area (Å²) >= 11 is 0. The molecule has 5 nitrogen and oxygen atoms in total. The fourth-order valence-corrected chi connectivity index (χ4v) is 3.47. The first-order chi connectivity index (χ1) is 12.2. The minimum absolute atomic E-state index is 0.0214. The molecule has 1 aliphatic heterocycles. The summed E-state index contributed by atoms with van der Waals surface area (Å²) in [4.78, 5) is 14.8. The molecule has 1 aromatic carbocycles. The largest absolute Gasteiger partial charge is 0.361 e. The molecule has 134 valence electrons. The third kappa shape index (κ3) is 5.16. The van der Waals surface area contributed by atoms with E-state index in [1.165, 1.54) is 31.2 Å². The highest BCUT2D eigenvalue weighted by Gasteiger charge is 2.22. The second-order valence-corrected chi connectivity index (χ2v) is 6.79. The van der Waals surface area contributed by atoms with Gasteiger partial charge in [-0.15, -0.1) is 0 Å². The van der Waals surface area contributed by atoms with Gasteiger partial charge >= 0.3 is 0 Å². The molecule has 0 saturated carbocycles. The number of carbonyl (C=O) groups is 1. The zero-order valence-electron chi connectivity index (χ0n) is 14.9. The van der Waals surface area contributed by atoms with Crippen molar-refractivity contribution in [3.05, 3.63) is 53.4 Å². The van der Waals surface area contributed by atoms with Gasteiger partial charge in [-0.1, -0.05) is 48.3 Å². The molecule has 0 radical (unpaired) electrons. The molecule has 1 unspecified atom stereocenters. The standard InChI is InChI=1S/C20H27N3O2/c1-16-13-18(25-22-16)14-20(24)21-15-19(17-9-5-4-6-10-17)23-11-7-2-3-8-12-23/h4-6,9-10,13,19H,2-3,7-8,11-12,14-15H2,1H3,(H,21,24). The third-order valence-electron chi connectivity index (χ3n) is 4.77. The number of rotatable bonds is 6. The van der Waals surface area contributed by atoms with Crippen LogP contribution >= 0.6 is 0 Å². The van der Waals surface area contributed by atoms with Crippen molar-refractivity contribution in [3.63, 3.8) is 0 Å². The quantitative estimate of drug-likeness (QED) is 0.876. The maximum atomic E-state index is 12.3. The van der Waals surface area contributed by atoms with Crippen LogP contribution in [0.25, 0.3) is 0 Å². The second-order valence-electron chi connectivity index (χ2n) is 6.79. The molecule has 1 atom stereocenters. The summed E-state index contributed by atoms with van der Waals surface area (Å²) in [6.45, 7) is 4.67. The van der Waals surface area contributed by atoms with Crippen LogP contribution in [0.1, 0.15) is 48.7 Å². The Labute approximate surface area is 149 Å². The number of benzene rings is 1. The van der Waals surface area contributed by atoms with Gasteiger partial charge in [0.25, 0.3) is 0 Å². The Kier molecular flexibility index (Phi) is 6.23. The van der Waals surface area contributed by atoms with Crippen molar-refractivity contribution in [2.45, 2.75) is 45.1 Å². The number of nitrogens with one attached hydrogen (secondary N) is 1. The van der Waals surface area contributed by atoms with Gasteiger partial charge in [0.05, 0.1) is 18.2 Å². The minimum atomic E-state index is -0.0214. The molecule has 1 amide bonds. The maximum absolute atomic E-state index is 12.3. The number of aryl methyl sites for hydroxylation is 1. The van der Waals surface area contributed by atoms with E-state index in [1.54, 1.807) is 0 Å². The highest BCUT2D eigenvalue weighted by atomic mass is 16.5. The lowest BCUT2D eigenvalue weighted by molar-refractivity contribution is -0.121. The summed E-state index contributed by atoms with van der Waals surface area (Å²) < 4.78 is 5.14. The Morgan fingerprint density at radius 2 is 1.92 bits per heavy atom. The Morgan fingerprint density at radius 3 is 2.56 bits per heavy atom. The third-order valence-corrected chi connectivity index (χ3v) is 4.77. The lowest BCUT2D eigenvalue weighted by Crippen LogP contribution is -2.39. The Balaban J connectivity index is 1.63. The minimum Gasteiger partial charge on any atom is -0.361 e. The number of amides is 1. The van der Waals surface area contributed by atoms with E-state index in [0.29, 0.717) is 12.3 Å². The molecule has 0 spiro atoms. The Bertz CT molecular complexity index is 661. The summed E-state index contributed by atoms with van der Waals surface area (Å²) in [6, 6.07) is 12.5. The molecule has 0 bridgehead atoms. The Hall–Kier alpha value is -2.14. The van der Waals surface area contributed by atoms with Gasteiger partial charge in [-0.3, -0.25) is 9.69 Å². The van der Waals surface area contributed by atoms with E-state index >= 15 is 0 Å². The van der Waals surface area contributed by atoms with Gasteiger partial charge in [0.2, 0.25) is 5.91 Å². The van der Waals surface area contributed by atoms with Crippen LogP contribution in [0.2, 0.25) is 0 Å². The first-order valence-corrected chi connectivity index (χ1v) is 9.20. The number of aromatic nitrogens is 1. The van der Waals surface area contributed by atoms with Gasteiger partial charge in [0.15, 0.2) is 0 Å². The van der Waals surface area contributed by atoms with E-state index in [0.717, 1.165) is 18.8 Å². The van der Waals surface area contributed by atoms with Crippen molar-refractivity contribution in [2.24, 2.45) is 0 Å². The first kappa shape index (κ1) is 17.7. The summed E-state index contributed by atoms with van der Waals surface area (Å²) in [5, 5.41) is 6.92. The van der Waals surface area contributed by atoms with Gasteiger partial charge < -0.3 is 9.84 Å². The van der Waals surface area contributed by atoms with Crippen molar-refractivity contribution in [1.29, 1.82) is 0 Å². The fraction of sp³-hybridized carbons (Fsp3) is 0.500. The molecule has 5 heteroatoms. The van der Waals surface area contributed by atoms with Gasteiger partial charge in [-0.25, -0.2) is 0 Å². The summed E-state index contributed by atoms with van der Waals surface area (Å²) in [5.41, 5.74) is 2.06.